The SMILES string of the molecule is Cc1cccc(CN2CCC[C@H](c3nn(C)cc3-c3ccnc(N4CCCC4)n3)C2)c1. The molecule has 0 saturated carbocycles. The zero-order valence-electron chi connectivity index (χ0n) is 18.7. The molecule has 31 heavy (non-hydrogen) atoms. The number of piperidine rings is 1. The Morgan fingerprint density at radius 3 is 2.77 bits per heavy atom. The van der Waals surface area contributed by atoms with Crippen LogP contribution in [-0.2, 0) is 13.6 Å². The summed E-state index contributed by atoms with van der Waals surface area (Å²) in [6.07, 6.45) is 8.87. The average Bonchev–Trinajstić information content (AvgIpc) is 3.44. The third-order valence-electron chi connectivity index (χ3n) is 6.55. The molecule has 5 rings (SSSR count). The monoisotopic (exact) mass is 416 g/mol. The van der Waals surface area contributed by atoms with Crippen molar-refractivity contribution in [2.24, 2.45) is 7.05 Å². The second-order valence-electron chi connectivity index (χ2n) is 9.10. The summed E-state index contributed by atoms with van der Waals surface area (Å²) < 4.78 is 1.95. The maximum atomic E-state index is 4.94. The first-order chi connectivity index (χ1) is 15.2. The molecule has 3 aromatic rings. The zero-order chi connectivity index (χ0) is 21.2. The van der Waals surface area contributed by atoms with E-state index in [2.05, 4.69) is 52.2 Å². The summed E-state index contributed by atoms with van der Waals surface area (Å²) in [5.41, 5.74) is 6.06. The van der Waals surface area contributed by atoms with Gasteiger partial charge in [0.15, 0.2) is 0 Å². The molecule has 0 bridgehead atoms. The van der Waals surface area contributed by atoms with Gasteiger partial charge in [0.25, 0.3) is 0 Å². The average molecular weight is 417 g/mol. The van der Waals surface area contributed by atoms with E-state index in [-0.39, 0.29) is 0 Å². The Balaban J connectivity index is 1.38. The fraction of sp³-hybridized carbons (Fsp3) is 0.480. The molecule has 2 aliphatic rings. The van der Waals surface area contributed by atoms with Crippen LogP contribution < -0.4 is 4.90 Å². The van der Waals surface area contributed by atoms with E-state index in [1.54, 1.807) is 0 Å². The van der Waals surface area contributed by atoms with E-state index in [0.29, 0.717) is 5.92 Å². The van der Waals surface area contributed by atoms with E-state index in [9.17, 15) is 0 Å². The van der Waals surface area contributed by atoms with Crippen LogP contribution in [0.15, 0.2) is 42.7 Å². The molecular weight excluding hydrogens is 384 g/mol. The lowest BCUT2D eigenvalue weighted by Gasteiger charge is -2.32. The largest absolute Gasteiger partial charge is 0.341 e. The number of anilines is 1. The lowest BCUT2D eigenvalue weighted by Crippen LogP contribution is -2.34. The van der Waals surface area contributed by atoms with Gasteiger partial charge in [-0.1, -0.05) is 29.8 Å². The van der Waals surface area contributed by atoms with Crippen LogP contribution in [0, 0.1) is 6.92 Å². The summed E-state index contributed by atoms with van der Waals surface area (Å²) in [5.74, 6) is 1.29. The van der Waals surface area contributed by atoms with Gasteiger partial charge in [0.05, 0.1) is 11.4 Å². The van der Waals surface area contributed by atoms with Gasteiger partial charge in [0.2, 0.25) is 5.95 Å². The lowest BCUT2D eigenvalue weighted by molar-refractivity contribution is 0.198. The van der Waals surface area contributed by atoms with E-state index in [0.717, 1.165) is 49.9 Å². The highest BCUT2D eigenvalue weighted by Gasteiger charge is 2.27. The molecule has 6 heteroatoms. The topological polar surface area (TPSA) is 50.1 Å². The van der Waals surface area contributed by atoms with Crippen LogP contribution in [-0.4, -0.2) is 50.8 Å². The molecule has 0 spiro atoms. The predicted octanol–water partition coefficient (Wildman–Crippen LogP) is 4.17. The number of aryl methyl sites for hydroxylation is 2. The molecule has 0 amide bonds. The summed E-state index contributed by atoms with van der Waals surface area (Å²) >= 11 is 0. The van der Waals surface area contributed by atoms with E-state index in [4.69, 9.17) is 10.1 Å². The van der Waals surface area contributed by atoms with Crippen molar-refractivity contribution >= 4 is 5.95 Å². The number of hydrogen-bond acceptors (Lipinski definition) is 5. The van der Waals surface area contributed by atoms with Crippen molar-refractivity contribution in [3.8, 4) is 11.3 Å². The van der Waals surface area contributed by atoms with Crippen molar-refractivity contribution in [1.82, 2.24) is 24.6 Å². The highest BCUT2D eigenvalue weighted by molar-refractivity contribution is 5.63. The zero-order valence-corrected chi connectivity index (χ0v) is 18.7. The highest BCUT2D eigenvalue weighted by Crippen LogP contribution is 2.34. The molecule has 2 aromatic heterocycles. The molecule has 2 saturated heterocycles. The van der Waals surface area contributed by atoms with Crippen molar-refractivity contribution in [3.05, 3.63) is 59.5 Å². The minimum absolute atomic E-state index is 0.431. The Hall–Kier alpha value is -2.73. The van der Waals surface area contributed by atoms with E-state index < -0.39 is 0 Å². The van der Waals surface area contributed by atoms with Gasteiger partial charge in [-0.3, -0.25) is 9.58 Å². The first kappa shape index (κ1) is 20.2. The highest BCUT2D eigenvalue weighted by atomic mass is 15.3. The summed E-state index contributed by atoms with van der Waals surface area (Å²) in [4.78, 5) is 14.4. The van der Waals surface area contributed by atoms with Crippen LogP contribution in [0.4, 0.5) is 5.95 Å². The van der Waals surface area contributed by atoms with Crippen molar-refractivity contribution in [2.45, 2.75) is 45.1 Å². The first-order valence-corrected chi connectivity index (χ1v) is 11.6. The van der Waals surface area contributed by atoms with E-state index in [1.165, 1.54) is 42.5 Å². The standard InChI is InChI=1S/C25H32N6/c1-19-7-5-8-20(15-19)16-30-12-6-9-21(17-30)24-22(18-29(2)28-24)23-10-11-26-25(27-23)31-13-3-4-14-31/h5,7-8,10-11,15,18,21H,3-4,6,9,12-14,16-17H2,1-2H3/t21-/m0/s1. The molecule has 6 nitrogen and oxygen atoms in total. The molecule has 1 aromatic carbocycles. The van der Waals surface area contributed by atoms with Gasteiger partial charge in [0, 0.05) is 57.1 Å². The number of hydrogen-bond donors (Lipinski definition) is 0. The Labute approximate surface area is 184 Å². The maximum absolute atomic E-state index is 4.94. The fourth-order valence-corrected chi connectivity index (χ4v) is 5.06. The number of rotatable bonds is 5. The number of aromatic nitrogens is 4. The molecule has 2 fully saturated rings. The van der Waals surface area contributed by atoms with Crippen molar-refractivity contribution in [1.29, 1.82) is 0 Å². The molecule has 0 unspecified atom stereocenters. The van der Waals surface area contributed by atoms with Crippen LogP contribution in [0.5, 0.6) is 0 Å². The predicted molar refractivity (Wildman–Crippen MR) is 124 cm³/mol. The van der Waals surface area contributed by atoms with Gasteiger partial charge >= 0.3 is 0 Å². The van der Waals surface area contributed by atoms with Crippen LogP contribution in [0.25, 0.3) is 11.3 Å². The Bertz CT molecular complexity index is 1040. The molecular formula is C25H32N6. The number of nitrogens with zero attached hydrogens (tertiary/aromatic N) is 6. The Morgan fingerprint density at radius 1 is 1.06 bits per heavy atom. The molecule has 0 aliphatic carbocycles. The smallest absolute Gasteiger partial charge is 0.225 e. The van der Waals surface area contributed by atoms with Gasteiger partial charge in [-0.25, -0.2) is 9.97 Å². The van der Waals surface area contributed by atoms with Crippen molar-refractivity contribution < 1.29 is 0 Å². The normalized spacial score (nSPS) is 19.8. The number of likely N-dealkylation sites (tertiary alicyclic amines) is 1. The molecule has 1 atom stereocenters. The summed E-state index contributed by atoms with van der Waals surface area (Å²) in [5, 5.41) is 4.91. The Morgan fingerprint density at radius 2 is 1.94 bits per heavy atom. The van der Waals surface area contributed by atoms with Gasteiger partial charge < -0.3 is 4.90 Å². The number of benzene rings is 1. The van der Waals surface area contributed by atoms with Crippen LogP contribution in [0.3, 0.4) is 0 Å². The van der Waals surface area contributed by atoms with Gasteiger partial charge in [0.1, 0.15) is 0 Å². The van der Waals surface area contributed by atoms with Gasteiger partial charge in [-0.2, -0.15) is 5.10 Å². The van der Waals surface area contributed by atoms with E-state index in [1.807, 2.05) is 24.0 Å². The van der Waals surface area contributed by atoms with Crippen molar-refractivity contribution in [3.63, 3.8) is 0 Å². The third kappa shape index (κ3) is 4.49. The van der Waals surface area contributed by atoms with Crippen LogP contribution in [0.2, 0.25) is 0 Å². The molecule has 0 radical (unpaired) electrons. The summed E-state index contributed by atoms with van der Waals surface area (Å²) in [6, 6.07) is 10.9. The summed E-state index contributed by atoms with van der Waals surface area (Å²) in [6.45, 7) is 7.48. The molecule has 162 valence electrons. The minimum atomic E-state index is 0.431. The fourth-order valence-electron chi connectivity index (χ4n) is 5.06. The van der Waals surface area contributed by atoms with Crippen LogP contribution in [0.1, 0.15) is 48.4 Å². The second kappa shape index (κ2) is 8.79. The third-order valence-corrected chi connectivity index (χ3v) is 6.55. The molecule has 2 aliphatic heterocycles. The Kier molecular flexibility index (Phi) is 5.72. The van der Waals surface area contributed by atoms with Gasteiger partial charge in [-0.05, 0) is 50.8 Å². The van der Waals surface area contributed by atoms with E-state index >= 15 is 0 Å². The first-order valence-electron chi connectivity index (χ1n) is 11.6. The second-order valence-corrected chi connectivity index (χ2v) is 9.10. The van der Waals surface area contributed by atoms with Crippen molar-refractivity contribution in [2.75, 3.05) is 31.1 Å². The lowest BCUT2D eigenvalue weighted by atomic mass is 9.91. The summed E-state index contributed by atoms with van der Waals surface area (Å²) in [7, 11) is 2.02. The molecule has 4 heterocycles. The maximum Gasteiger partial charge on any atom is 0.225 e. The quantitative estimate of drug-likeness (QED) is 0.625. The van der Waals surface area contributed by atoms with Crippen LogP contribution >= 0.6 is 0 Å². The minimum Gasteiger partial charge on any atom is -0.341 e. The molecule has 0 N–H and O–H groups in total. The van der Waals surface area contributed by atoms with Gasteiger partial charge in [-0.15, -0.1) is 0 Å².